The molecule has 6 nitrogen and oxygen atoms in total. The molecule has 0 heterocycles. The second-order valence-electron chi connectivity index (χ2n) is 24.1. The van der Waals surface area contributed by atoms with E-state index in [1.165, 1.54) is 276 Å². The normalized spacial score (nSPS) is 12.3. The molecule has 0 spiro atoms. The summed E-state index contributed by atoms with van der Waals surface area (Å²) in [6, 6.07) is 0. The van der Waals surface area contributed by atoms with E-state index in [0.717, 1.165) is 70.6 Å². The zero-order valence-electron chi connectivity index (χ0n) is 53.9. The highest BCUT2D eigenvalue weighted by atomic mass is 16.6. The Balaban J connectivity index is 4.22. The van der Waals surface area contributed by atoms with Crippen LogP contribution in [-0.4, -0.2) is 37.2 Å². The fraction of sp³-hybridized carbons (Fsp3) is 0.851. The Kier molecular flexibility index (Phi) is 66.6. The Bertz CT molecular complexity index is 1380. The minimum atomic E-state index is -0.772. The van der Waals surface area contributed by atoms with Crippen LogP contribution in [0.25, 0.3) is 0 Å². The van der Waals surface area contributed by atoms with E-state index in [9.17, 15) is 14.4 Å². The number of unbranched alkanes of at least 4 members (excludes halogenated alkanes) is 47. The van der Waals surface area contributed by atoms with Gasteiger partial charge in [-0.2, -0.15) is 0 Å². The Labute approximate surface area is 498 Å². The van der Waals surface area contributed by atoms with E-state index in [1.54, 1.807) is 0 Å². The molecule has 0 N–H and O–H groups in total. The largest absolute Gasteiger partial charge is 0.462 e. The van der Waals surface area contributed by atoms with Crippen molar-refractivity contribution in [3.05, 3.63) is 48.6 Å². The van der Waals surface area contributed by atoms with Gasteiger partial charge >= 0.3 is 17.9 Å². The molecule has 0 amide bonds. The molecular weight excluding hydrogens is 985 g/mol. The van der Waals surface area contributed by atoms with E-state index in [-0.39, 0.29) is 31.1 Å². The van der Waals surface area contributed by atoms with Gasteiger partial charge in [-0.05, 0) is 83.5 Å². The Morgan fingerprint density at radius 1 is 0.250 bits per heavy atom. The van der Waals surface area contributed by atoms with Crippen LogP contribution in [0, 0.1) is 0 Å². The lowest BCUT2D eigenvalue weighted by atomic mass is 10.0. The molecule has 0 aromatic rings. The van der Waals surface area contributed by atoms with E-state index >= 15 is 0 Å². The molecule has 0 saturated heterocycles. The first-order valence-corrected chi connectivity index (χ1v) is 35.6. The van der Waals surface area contributed by atoms with Crippen LogP contribution in [0.3, 0.4) is 0 Å². The molecule has 0 rings (SSSR count). The maximum absolute atomic E-state index is 13.0. The molecule has 0 aliphatic rings. The fourth-order valence-electron chi connectivity index (χ4n) is 10.7. The predicted molar refractivity (Wildman–Crippen MR) is 349 cm³/mol. The summed E-state index contributed by atoms with van der Waals surface area (Å²) in [5.74, 6) is -0.844. The quantitative estimate of drug-likeness (QED) is 0.0261. The third-order valence-corrected chi connectivity index (χ3v) is 16.1. The third kappa shape index (κ3) is 66.2. The number of carbonyl (C=O) groups is 3. The Morgan fingerprint density at radius 2 is 0.450 bits per heavy atom. The molecule has 0 saturated carbocycles. The van der Waals surface area contributed by atoms with Crippen molar-refractivity contribution in [1.29, 1.82) is 0 Å². The van der Waals surface area contributed by atoms with Crippen molar-refractivity contribution < 1.29 is 28.6 Å². The summed E-state index contributed by atoms with van der Waals surface area (Å²) in [6.07, 6.45) is 87.1. The van der Waals surface area contributed by atoms with Crippen molar-refractivity contribution in [3.63, 3.8) is 0 Å². The maximum Gasteiger partial charge on any atom is 0.306 e. The number of esters is 3. The molecule has 1 unspecified atom stereocenters. The van der Waals surface area contributed by atoms with Crippen LogP contribution in [0.5, 0.6) is 0 Å². The molecule has 0 aromatic carbocycles. The summed E-state index contributed by atoms with van der Waals surface area (Å²) < 4.78 is 17.0. The van der Waals surface area contributed by atoms with E-state index in [1.807, 2.05) is 0 Å². The van der Waals surface area contributed by atoms with Gasteiger partial charge in [-0.15, -0.1) is 0 Å². The molecule has 0 aromatic heterocycles. The summed E-state index contributed by atoms with van der Waals surface area (Å²) in [6.45, 7) is 6.68. The summed E-state index contributed by atoms with van der Waals surface area (Å²) in [5.41, 5.74) is 0. The van der Waals surface area contributed by atoms with E-state index in [0.29, 0.717) is 19.3 Å². The minimum Gasteiger partial charge on any atom is -0.462 e. The van der Waals surface area contributed by atoms with Crippen LogP contribution in [0.4, 0.5) is 0 Å². The second-order valence-corrected chi connectivity index (χ2v) is 24.1. The molecule has 0 fully saturated rings. The van der Waals surface area contributed by atoms with Crippen molar-refractivity contribution in [2.24, 2.45) is 0 Å². The average molecular weight is 1120 g/mol. The van der Waals surface area contributed by atoms with Gasteiger partial charge in [-0.3, -0.25) is 14.4 Å². The number of allylic oxidation sites excluding steroid dienone is 8. The van der Waals surface area contributed by atoms with Gasteiger partial charge in [0.15, 0.2) is 6.10 Å². The highest BCUT2D eigenvalue weighted by Crippen LogP contribution is 2.18. The van der Waals surface area contributed by atoms with Crippen LogP contribution in [0.2, 0.25) is 0 Å². The molecule has 80 heavy (non-hydrogen) atoms. The SMILES string of the molecule is CCCCCCC/C=C\C/C=C\CCCCCCCCCCCCCCCC(=O)OCC(COC(=O)CCCCCCCCCCCCCC)OC(=O)CCCCCCCCCCCCCCC/C=C\C/C=C\CCCCCCC. The zero-order chi connectivity index (χ0) is 57.8. The first kappa shape index (κ1) is 77.4. The van der Waals surface area contributed by atoms with Crippen molar-refractivity contribution in [1.82, 2.24) is 0 Å². The van der Waals surface area contributed by atoms with Gasteiger partial charge in [0, 0.05) is 19.3 Å². The second kappa shape index (κ2) is 68.9. The van der Waals surface area contributed by atoms with Gasteiger partial charge in [-0.25, -0.2) is 0 Å². The van der Waals surface area contributed by atoms with Crippen molar-refractivity contribution >= 4 is 17.9 Å². The zero-order valence-corrected chi connectivity index (χ0v) is 53.9. The number of rotatable bonds is 66. The van der Waals surface area contributed by atoms with Crippen LogP contribution < -0.4 is 0 Å². The van der Waals surface area contributed by atoms with Crippen LogP contribution in [-0.2, 0) is 28.6 Å². The van der Waals surface area contributed by atoms with Gasteiger partial charge in [0.2, 0.25) is 0 Å². The van der Waals surface area contributed by atoms with Crippen LogP contribution in [0.1, 0.15) is 387 Å². The first-order chi connectivity index (χ1) is 39.5. The molecule has 0 aliphatic heterocycles. The number of carbonyl (C=O) groups excluding carboxylic acids is 3. The highest BCUT2D eigenvalue weighted by molar-refractivity contribution is 5.71. The fourth-order valence-corrected chi connectivity index (χ4v) is 10.7. The highest BCUT2D eigenvalue weighted by Gasteiger charge is 2.19. The molecule has 6 heteroatoms. The summed E-state index contributed by atoms with van der Waals surface area (Å²) in [4.78, 5) is 38.4. The van der Waals surface area contributed by atoms with E-state index in [4.69, 9.17) is 14.2 Å². The maximum atomic E-state index is 13.0. The molecule has 468 valence electrons. The number of hydrogen-bond donors (Lipinski definition) is 0. The van der Waals surface area contributed by atoms with Gasteiger partial charge in [0.05, 0.1) is 0 Å². The molecule has 0 radical (unpaired) electrons. The van der Waals surface area contributed by atoms with Gasteiger partial charge in [0.25, 0.3) is 0 Å². The first-order valence-electron chi connectivity index (χ1n) is 35.6. The van der Waals surface area contributed by atoms with E-state index in [2.05, 4.69) is 69.4 Å². The van der Waals surface area contributed by atoms with Crippen molar-refractivity contribution in [2.45, 2.75) is 393 Å². The molecular formula is C74H136O6. The summed E-state index contributed by atoms with van der Waals surface area (Å²) in [5, 5.41) is 0. The lowest BCUT2D eigenvalue weighted by Crippen LogP contribution is -2.30. The van der Waals surface area contributed by atoms with Gasteiger partial charge < -0.3 is 14.2 Å². The Hall–Kier alpha value is -2.63. The van der Waals surface area contributed by atoms with E-state index < -0.39 is 6.10 Å². The van der Waals surface area contributed by atoms with Crippen molar-refractivity contribution in [3.8, 4) is 0 Å². The van der Waals surface area contributed by atoms with Crippen molar-refractivity contribution in [2.75, 3.05) is 13.2 Å². The van der Waals surface area contributed by atoms with Gasteiger partial charge in [-0.1, -0.05) is 333 Å². The van der Waals surface area contributed by atoms with Crippen LogP contribution in [0.15, 0.2) is 48.6 Å². The summed E-state index contributed by atoms with van der Waals surface area (Å²) in [7, 11) is 0. The van der Waals surface area contributed by atoms with Crippen LogP contribution >= 0.6 is 0 Å². The molecule has 0 aliphatic carbocycles. The monoisotopic (exact) mass is 1120 g/mol. The molecule has 0 bridgehead atoms. The molecule has 1 atom stereocenters. The lowest BCUT2D eigenvalue weighted by molar-refractivity contribution is -0.167. The standard InChI is InChI=1S/C74H136O6/c1-4-7-10-13-16-19-22-25-27-29-31-33-35-37-39-41-43-45-47-49-52-55-58-61-64-67-73(76)79-70-71(69-78-72(75)66-63-60-57-54-51-24-21-18-15-12-9-6-3)80-74(77)68-65-62-59-56-53-50-48-46-44-42-40-38-36-34-32-30-28-26-23-20-17-14-11-8-5-2/h22-23,25-26,29-32,71H,4-21,24,27-28,33-70H2,1-3H3/b25-22-,26-23-,31-29-,32-30-. The minimum absolute atomic E-state index is 0.0685. The smallest absolute Gasteiger partial charge is 0.306 e. The number of hydrogen-bond acceptors (Lipinski definition) is 6. The van der Waals surface area contributed by atoms with Gasteiger partial charge in [0.1, 0.15) is 13.2 Å². The predicted octanol–water partition coefficient (Wildman–Crippen LogP) is 24.5. The topological polar surface area (TPSA) is 78.9 Å². The average Bonchev–Trinajstić information content (AvgIpc) is 3.46. The summed E-state index contributed by atoms with van der Waals surface area (Å²) >= 11 is 0. The third-order valence-electron chi connectivity index (χ3n) is 16.1. The Morgan fingerprint density at radius 3 is 0.688 bits per heavy atom. The number of ether oxygens (including phenoxy) is 3. The lowest BCUT2D eigenvalue weighted by Gasteiger charge is -2.18.